The zero-order valence-corrected chi connectivity index (χ0v) is 11.2. The summed E-state index contributed by atoms with van der Waals surface area (Å²) in [6.07, 6.45) is 3.39. The second kappa shape index (κ2) is 5.51. The highest BCUT2D eigenvalue weighted by Crippen LogP contribution is 2.27. The lowest BCUT2D eigenvalue weighted by atomic mass is 10.1. The number of nitrogens with zero attached hydrogens (tertiary/aromatic N) is 2. The first kappa shape index (κ1) is 12.9. The molecule has 0 aromatic heterocycles. The molecular formula is C17H12N2O2. The van der Waals surface area contributed by atoms with E-state index < -0.39 is 6.09 Å². The molecule has 1 aliphatic rings. The number of hydrogen-bond acceptors (Lipinski definition) is 3. The van der Waals surface area contributed by atoms with Gasteiger partial charge in [0.25, 0.3) is 0 Å². The summed E-state index contributed by atoms with van der Waals surface area (Å²) in [7, 11) is 0. The molecule has 0 unspecified atom stereocenters. The summed E-state index contributed by atoms with van der Waals surface area (Å²) in [5, 5.41) is 9.03. The maximum atomic E-state index is 12.4. The third kappa shape index (κ3) is 2.49. The van der Waals surface area contributed by atoms with Crippen molar-refractivity contribution in [2.45, 2.75) is 0 Å². The van der Waals surface area contributed by atoms with Crippen molar-refractivity contribution < 1.29 is 9.53 Å². The van der Waals surface area contributed by atoms with E-state index in [1.54, 1.807) is 29.2 Å². The van der Waals surface area contributed by atoms with Crippen molar-refractivity contribution in [3.63, 3.8) is 0 Å². The van der Waals surface area contributed by atoms with Gasteiger partial charge in [0.05, 0.1) is 11.3 Å². The average Bonchev–Trinajstić information content (AvgIpc) is 2.54. The van der Waals surface area contributed by atoms with Crippen LogP contribution in [0.5, 0.6) is 5.75 Å². The Balaban J connectivity index is 1.87. The quantitative estimate of drug-likeness (QED) is 0.799. The summed E-state index contributed by atoms with van der Waals surface area (Å²) in [5.74, 6) is 0.275. The number of rotatable bonds is 1. The number of fused-ring (bicyclic) bond motifs is 1. The van der Waals surface area contributed by atoms with Crippen LogP contribution in [-0.2, 0) is 0 Å². The van der Waals surface area contributed by atoms with Crippen molar-refractivity contribution in [1.82, 2.24) is 0 Å². The Kier molecular flexibility index (Phi) is 3.40. The van der Waals surface area contributed by atoms with Gasteiger partial charge >= 0.3 is 6.09 Å². The molecule has 0 atom stereocenters. The number of ether oxygens (including phenoxy) is 1. The number of carbonyl (C=O) groups is 1. The Morgan fingerprint density at radius 2 is 1.90 bits per heavy atom. The van der Waals surface area contributed by atoms with E-state index >= 15 is 0 Å². The van der Waals surface area contributed by atoms with Gasteiger partial charge in [-0.25, -0.2) is 4.79 Å². The molecule has 2 aromatic carbocycles. The molecule has 0 spiro atoms. The van der Waals surface area contributed by atoms with Crippen LogP contribution in [0.3, 0.4) is 0 Å². The molecule has 4 heteroatoms. The predicted molar refractivity (Wildman–Crippen MR) is 80.0 cm³/mol. The average molecular weight is 276 g/mol. The fraction of sp³-hybridized carbons (Fsp3) is 0.0588. The van der Waals surface area contributed by atoms with Gasteiger partial charge in [-0.3, -0.25) is 4.90 Å². The van der Waals surface area contributed by atoms with E-state index in [2.05, 4.69) is 0 Å². The topological polar surface area (TPSA) is 53.3 Å². The Hall–Kier alpha value is -3.06. The van der Waals surface area contributed by atoms with Crippen LogP contribution in [0.1, 0.15) is 11.1 Å². The van der Waals surface area contributed by atoms with Crippen molar-refractivity contribution in [1.29, 1.82) is 5.26 Å². The molecule has 1 amide bonds. The zero-order valence-electron chi connectivity index (χ0n) is 11.2. The van der Waals surface area contributed by atoms with E-state index in [1.165, 1.54) is 0 Å². The molecule has 0 saturated heterocycles. The van der Waals surface area contributed by atoms with Crippen LogP contribution >= 0.6 is 0 Å². The van der Waals surface area contributed by atoms with Crippen LogP contribution in [0.4, 0.5) is 10.5 Å². The standard InChI is InChI=1S/C17H12N2O2/c18-12-14-7-2-4-10-16(14)21-17(20)19-11-5-8-13-6-1-3-9-15(13)19/h1-10H,11H2. The van der Waals surface area contributed by atoms with Crippen LogP contribution in [0.2, 0.25) is 0 Å². The maximum absolute atomic E-state index is 12.4. The highest BCUT2D eigenvalue weighted by atomic mass is 16.6. The van der Waals surface area contributed by atoms with Gasteiger partial charge in [0.15, 0.2) is 5.75 Å². The smallest absolute Gasteiger partial charge is 0.409 e. The van der Waals surface area contributed by atoms with Gasteiger partial charge < -0.3 is 4.74 Å². The third-order valence-electron chi connectivity index (χ3n) is 3.24. The fourth-order valence-electron chi connectivity index (χ4n) is 2.23. The molecule has 1 heterocycles. The molecule has 0 aliphatic carbocycles. The molecule has 2 aromatic rings. The molecule has 0 saturated carbocycles. The van der Waals surface area contributed by atoms with E-state index in [1.807, 2.05) is 42.5 Å². The molecule has 0 N–H and O–H groups in total. The minimum Gasteiger partial charge on any atom is -0.409 e. The van der Waals surface area contributed by atoms with E-state index in [4.69, 9.17) is 10.00 Å². The number of benzene rings is 2. The van der Waals surface area contributed by atoms with Crippen LogP contribution in [0.15, 0.2) is 54.6 Å². The van der Waals surface area contributed by atoms with Gasteiger partial charge in [-0.1, -0.05) is 42.5 Å². The van der Waals surface area contributed by atoms with Crippen LogP contribution in [0.25, 0.3) is 6.08 Å². The molecule has 0 radical (unpaired) electrons. The van der Waals surface area contributed by atoms with E-state index in [9.17, 15) is 4.79 Å². The summed E-state index contributed by atoms with van der Waals surface area (Å²) < 4.78 is 5.36. The summed E-state index contributed by atoms with van der Waals surface area (Å²) in [6, 6.07) is 16.3. The largest absolute Gasteiger partial charge is 0.420 e. The lowest BCUT2D eigenvalue weighted by Gasteiger charge is -2.25. The summed E-state index contributed by atoms with van der Waals surface area (Å²) in [6.45, 7) is 0.449. The predicted octanol–water partition coefficient (Wildman–Crippen LogP) is 3.59. The molecule has 21 heavy (non-hydrogen) atoms. The van der Waals surface area contributed by atoms with Crippen molar-refractivity contribution in [3.05, 3.63) is 65.7 Å². The van der Waals surface area contributed by atoms with Crippen molar-refractivity contribution in [3.8, 4) is 11.8 Å². The first-order chi connectivity index (χ1) is 10.3. The second-order valence-electron chi connectivity index (χ2n) is 4.55. The SMILES string of the molecule is N#Cc1ccccc1OC(=O)N1CC=Cc2ccccc21. The Bertz CT molecular complexity index is 759. The minimum absolute atomic E-state index is 0.275. The van der Waals surface area contributed by atoms with Crippen molar-refractivity contribution in [2.24, 2.45) is 0 Å². The maximum Gasteiger partial charge on any atom is 0.420 e. The molecule has 4 nitrogen and oxygen atoms in total. The molecule has 1 aliphatic heterocycles. The van der Waals surface area contributed by atoms with Crippen molar-refractivity contribution in [2.75, 3.05) is 11.4 Å². The molecule has 3 rings (SSSR count). The first-order valence-electron chi connectivity index (χ1n) is 6.53. The van der Waals surface area contributed by atoms with Gasteiger partial charge in [0, 0.05) is 6.54 Å². The third-order valence-corrected chi connectivity index (χ3v) is 3.24. The Morgan fingerprint density at radius 3 is 2.76 bits per heavy atom. The highest BCUT2D eigenvalue weighted by Gasteiger charge is 2.22. The second-order valence-corrected chi connectivity index (χ2v) is 4.55. The van der Waals surface area contributed by atoms with E-state index in [0.717, 1.165) is 11.3 Å². The number of anilines is 1. The first-order valence-corrected chi connectivity index (χ1v) is 6.53. The number of nitriles is 1. The molecule has 102 valence electrons. The van der Waals surface area contributed by atoms with E-state index in [0.29, 0.717) is 12.1 Å². The Labute approximate surface area is 122 Å². The van der Waals surface area contributed by atoms with Gasteiger partial charge in [0.2, 0.25) is 0 Å². The lowest BCUT2D eigenvalue weighted by Crippen LogP contribution is -2.35. The monoisotopic (exact) mass is 276 g/mol. The number of carbonyl (C=O) groups excluding carboxylic acids is 1. The number of amides is 1. The number of para-hydroxylation sites is 2. The summed E-state index contributed by atoms with van der Waals surface area (Å²) in [5.41, 5.74) is 2.11. The van der Waals surface area contributed by atoms with Crippen LogP contribution < -0.4 is 9.64 Å². The molecular weight excluding hydrogens is 264 g/mol. The minimum atomic E-state index is -0.491. The summed E-state index contributed by atoms with van der Waals surface area (Å²) in [4.78, 5) is 13.9. The Morgan fingerprint density at radius 1 is 1.14 bits per heavy atom. The normalized spacial score (nSPS) is 12.4. The van der Waals surface area contributed by atoms with Gasteiger partial charge in [-0.2, -0.15) is 5.26 Å². The van der Waals surface area contributed by atoms with Gasteiger partial charge in [0.1, 0.15) is 6.07 Å². The molecule has 0 fully saturated rings. The van der Waals surface area contributed by atoms with E-state index in [-0.39, 0.29) is 5.75 Å². The number of hydrogen-bond donors (Lipinski definition) is 0. The fourth-order valence-corrected chi connectivity index (χ4v) is 2.23. The highest BCUT2D eigenvalue weighted by molar-refractivity contribution is 5.93. The summed E-state index contributed by atoms with van der Waals surface area (Å²) >= 11 is 0. The van der Waals surface area contributed by atoms with Crippen LogP contribution in [0, 0.1) is 11.3 Å². The van der Waals surface area contributed by atoms with Gasteiger partial charge in [-0.05, 0) is 23.8 Å². The van der Waals surface area contributed by atoms with Gasteiger partial charge in [-0.15, -0.1) is 0 Å². The lowest BCUT2D eigenvalue weighted by molar-refractivity contribution is 0.208. The zero-order chi connectivity index (χ0) is 14.7. The van der Waals surface area contributed by atoms with Crippen molar-refractivity contribution >= 4 is 17.9 Å². The van der Waals surface area contributed by atoms with Crippen LogP contribution in [-0.4, -0.2) is 12.6 Å². The molecule has 0 bridgehead atoms.